The molecule has 0 aromatic heterocycles. The molecule has 52 heavy (non-hydrogen) atoms. The molecule has 0 amide bonds. The molecule has 0 aliphatic heterocycles. The Kier molecular flexibility index (Phi) is 7.25. The number of hydrogen-bond donors (Lipinski definition) is 0. The van der Waals surface area contributed by atoms with E-state index >= 15 is 0 Å². The molecule has 0 aliphatic carbocycles. The van der Waals surface area contributed by atoms with Crippen LogP contribution in [0.25, 0.3) is 98.7 Å². The molecule has 0 radical (unpaired) electrons. The minimum atomic E-state index is 1.21. The second kappa shape index (κ2) is 12.5. The van der Waals surface area contributed by atoms with Crippen LogP contribution in [0.15, 0.2) is 206 Å². The third-order valence-electron chi connectivity index (χ3n) is 10.6. The number of hydrogen-bond acceptors (Lipinski definition) is 0. The van der Waals surface area contributed by atoms with Gasteiger partial charge in [0.2, 0.25) is 0 Å². The van der Waals surface area contributed by atoms with Crippen molar-refractivity contribution in [2.45, 2.75) is 0 Å². The Hall–Kier alpha value is -6.76. The SMILES string of the molecule is c1ccc(-c2cccc(-c3ccc4cc(-c5cccc(-c6c7ccccc7c(-c7ccc8ccccc8c7)c7ccccc67)c5)ccc4c3)c2)cc1. The van der Waals surface area contributed by atoms with Crippen molar-refractivity contribution in [3.63, 3.8) is 0 Å². The van der Waals surface area contributed by atoms with E-state index in [9.17, 15) is 0 Å². The Morgan fingerprint density at radius 2 is 0.500 bits per heavy atom. The summed E-state index contributed by atoms with van der Waals surface area (Å²) in [4.78, 5) is 0. The van der Waals surface area contributed by atoms with Crippen molar-refractivity contribution in [3.05, 3.63) is 206 Å². The highest BCUT2D eigenvalue weighted by Crippen LogP contribution is 2.44. The van der Waals surface area contributed by atoms with Gasteiger partial charge in [-0.15, -0.1) is 0 Å². The van der Waals surface area contributed by atoms with Crippen molar-refractivity contribution in [2.75, 3.05) is 0 Å². The van der Waals surface area contributed by atoms with E-state index in [1.54, 1.807) is 0 Å². The summed E-state index contributed by atoms with van der Waals surface area (Å²) >= 11 is 0. The van der Waals surface area contributed by atoms with Crippen LogP contribution in [0.5, 0.6) is 0 Å². The van der Waals surface area contributed by atoms with Gasteiger partial charge in [0, 0.05) is 0 Å². The van der Waals surface area contributed by atoms with Crippen molar-refractivity contribution in [3.8, 4) is 55.6 Å². The molecule has 0 nitrogen and oxygen atoms in total. The van der Waals surface area contributed by atoms with Crippen molar-refractivity contribution < 1.29 is 0 Å². The molecule has 10 rings (SSSR count). The zero-order valence-corrected chi connectivity index (χ0v) is 28.6. The minimum Gasteiger partial charge on any atom is -0.0622 e. The molecule has 0 atom stereocenters. The quantitative estimate of drug-likeness (QED) is 0.161. The molecule has 0 unspecified atom stereocenters. The third kappa shape index (κ3) is 5.25. The van der Waals surface area contributed by atoms with Gasteiger partial charge in [-0.05, 0) is 129 Å². The van der Waals surface area contributed by atoms with E-state index in [1.165, 1.54) is 98.7 Å². The molecule has 0 saturated carbocycles. The lowest BCUT2D eigenvalue weighted by molar-refractivity contribution is 1.59. The van der Waals surface area contributed by atoms with Crippen molar-refractivity contribution in [1.29, 1.82) is 0 Å². The maximum absolute atomic E-state index is 2.37. The minimum absolute atomic E-state index is 1.21. The Morgan fingerprint density at radius 3 is 1.08 bits per heavy atom. The summed E-state index contributed by atoms with van der Waals surface area (Å²) in [6.07, 6.45) is 0. The van der Waals surface area contributed by atoms with Crippen LogP contribution in [0.3, 0.4) is 0 Å². The molecule has 0 saturated heterocycles. The van der Waals surface area contributed by atoms with Crippen LogP contribution >= 0.6 is 0 Å². The summed E-state index contributed by atoms with van der Waals surface area (Å²) in [5.74, 6) is 0. The van der Waals surface area contributed by atoms with Crippen molar-refractivity contribution >= 4 is 43.1 Å². The van der Waals surface area contributed by atoms with Gasteiger partial charge in [0.1, 0.15) is 0 Å². The second-order valence-electron chi connectivity index (χ2n) is 13.7. The van der Waals surface area contributed by atoms with Gasteiger partial charge in [0.25, 0.3) is 0 Å². The maximum Gasteiger partial charge on any atom is -0.00262 e. The fourth-order valence-corrected chi connectivity index (χ4v) is 8.06. The number of rotatable bonds is 5. The summed E-state index contributed by atoms with van der Waals surface area (Å²) in [7, 11) is 0. The molecule has 242 valence electrons. The summed E-state index contributed by atoms with van der Waals surface area (Å²) in [6.45, 7) is 0. The molecule has 0 spiro atoms. The summed E-state index contributed by atoms with van der Waals surface area (Å²) in [5, 5.41) is 10.1. The average Bonchev–Trinajstić information content (AvgIpc) is 3.22. The zero-order valence-electron chi connectivity index (χ0n) is 28.6. The predicted octanol–water partition coefficient (Wildman–Crippen LogP) is 14.6. The molecular weight excluding hydrogens is 625 g/mol. The van der Waals surface area contributed by atoms with E-state index < -0.39 is 0 Å². The van der Waals surface area contributed by atoms with Crippen molar-refractivity contribution in [1.82, 2.24) is 0 Å². The lowest BCUT2D eigenvalue weighted by Gasteiger charge is -2.18. The second-order valence-corrected chi connectivity index (χ2v) is 13.7. The van der Waals surface area contributed by atoms with Crippen LogP contribution in [-0.2, 0) is 0 Å². The molecule has 0 aliphatic rings. The Bertz CT molecular complexity index is 2890. The van der Waals surface area contributed by atoms with Crippen LogP contribution in [0.4, 0.5) is 0 Å². The molecule has 0 fully saturated rings. The zero-order chi connectivity index (χ0) is 34.4. The first-order valence-corrected chi connectivity index (χ1v) is 18.0. The largest absolute Gasteiger partial charge is 0.0622 e. The topological polar surface area (TPSA) is 0 Å². The standard InChI is InChI=1S/C52H34/c1-2-12-35(13-3-1)38-16-10-17-39(30-38)41-25-27-44-32-42(26-28-43(44)31-41)40-18-11-19-45(34-40)51-47-20-6-8-22-49(47)52(50-23-9-7-21-48(50)51)46-29-24-36-14-4-5-15-37(36)33-46/h1-34H. The first-order valence-electron chi connectivity index (χ1n) is 18.0. The van der Waals surface area contributed by atoms with Crippen LogP contribution in [-0.4, -0.2) is 0 Å². The van der Waals surface area contributed by atoms with E-state index in [0.717, 1.165) is 0 Å². The molecule has 10 aromatic rings. The Morgan fingerprint density at radius 1 is 0.173 bits per heavy atom. The molecular formula is C52H34. The van der Waals surface area contributed by atoms with Gasteiger partial charge in [-0.1, -0.05) is 176 Å². The van der Waals surface area contributed by atoms with Gasteiger partial charge in [-0.3, -0.25) is 0 Å². The molecule has 0 heteroatoms. The highest BCUT2D eigenvalue weighted by atomic mass is 14.2. The maximum atomic E-state index is 2.37. The van der Waals surface area contributed by atoms with Gasteiger partial charge in [-0.25, -0.2) is 0 Å². The van der Waals surface area contributed by atoms with E-state index in [0.29, 0.717) is 0 Å². The smallest absolute Gasteiger partial charge is 0.00262 e. The lowest BCUT2D eigenvalue weighted by Crippen LogP contribution is -1.91. The van der Waals surface area contributed by atoms with Crippen LogP contribution in [0.1, 0.15) is 0 Å². The highest BCUT2D eigenvalue weighted by Gasteiger charge is 2.17. The van der Waals surface area contributed by atoms with Crippen LogP contribution < -0.4 is 0 Å². The highest BCUT2D eigenvalue weighted by molar-refractivity contribution is 6.21. The number of benzene rings is 10. The van der Waals surface area contributed by atoms with Crippen molar-refractivity contribution in [2.24, 2.45) is 0 Å². The third-order valence-corrected chi connectivity index (χ3v) is 10.6. The predicted molar refractivity (Wildman–Crippen MR) is 224 cm³/mol. The average molecular weight is 659 g/mol. The monoisotopic (exact) mass is 658 g/mol. The molecule has 10 aromatic carbocycles. The molecule has 0 N–H and O–H groups in total. The van der Waals surface area contributed by atoms with Gasteiger partial charge >= 0.3 is 0 Å². The van der Waals surface area contributed by atoms with Gasteiger partial charge in [0.05, 0.1) is 0 Å². The van der Waals surface area contributed by atoms with Gasteiger partial charge in [0.15, 0.2) is 0 Å². The van der Waals surface area contributed by atoms with Gasteiger partial charge in [-0.2, -0.15) is 0 Å². The van der Waals surface area contributed by atoms with Crippen LogP contribution in [0, 0.1) is 0 Å². The Balaban J connectivity index is 1.06. The van der Waals surface area contributed by atoms with Gasteiger partial charge < -0.3 is 0 Å². The fraction of sp³-hybridized carbons (Fsp3) is 0. The normalized spacial score (nSPS) is 11.5. The Labute approximate surface area is 303 Å². The molecule has 0 heterocycles. The fourth-order valence-electron chi connectivity index (χ4n) is 8.06. The first-order chi connectivity index (χ1) is 25.8. The number of fused-ring (bicyclic) bond motifs is 4. The summed E-state index contributed by atoms with van der Waals surface area (Å²) < 4.78 is 0. The summed E-state index contributed by atoms with van der Waals surface area (Å²) in [5.41, 5.74) is 12.4. The van der Waals surface area contributed by atoms with E-state index in [2.05, 4.69) is 206 Å². The summed E-state index contributed by atoms with van der Waals surface area (Å²) in [6, 6.07) is 75.5. The lowest BCUT2D eigenvalue weighted by atomic mass is 9.85. The van der Waals surface area contributed by atoms with E-state index in [1.807, 2.05) is 0 Å². The van der Waals surface area contributed by atoms with Crippen LogP contribution in [0.2, 0.25) is 0 Å². The molecule has 0 bridgehead atoms. The first kappa shape index (κ1) is 30.1. The van der Waals surface area contributed by atoms with E-state index in [4.69, 9.17) is 0 Å². The van der Waals surface area contributed by atoms with E-state index in [-0.39, 0.29) is 0 Å².